The zero-order valence-electron chi connectivity index (χ0n) is 15.5. The molecule has 2 aromatic carbocycles. The van der Waals surface area contributed by atoms with E-state index in [1.165, 1.54) is 12.1 Å². The van der Waals surface area contributed by atoms with Crippen molar-refractivity contribution in [2.75, 3.05) is 44.7 Å². The van der Waals surface area contributed by atoms with Crippen LogP contribution in [0.2, 0.25) is 0 Å². The van der Waals surface area contributed by atoms with Crippen molar-refractivity contribution in [2.24, 2.45) is 4.99 Å². The summed E-state index contributed by atoms with van der Waals surface area (Å²) in [5.74, 6) is -0.376. The summed E-state index contributed by atoms with van der Waals surface area (Å²) in [6.07, 6.45) is 1.55. The number of nitrogens with one attached hydrogen (secondary N) is 2. The summed E-state index contributed by atoms with van der Waals surface area (Å²) in [6.45, 7) is 5.45. The second-order valence-corrected chi connectivity index (χ2v) is 6.76. The van der Waals surface area contributed by atoms with Crippen molar-refractivity contribution in [1.82, 2.24) is 9.88 Å². The van der Waals surface area contributed by atoms with Gasteiger partial charge in [-0.25, -0.2) is 4.39 Å². The minimum atomic E-state index is -0.353. The van der Waals surface area contributed by atoms with Crippen molar-refractivity contribution in [3.8, 4) is 5.88 Å². The Kier molecular flexibility index (Phi) is 5.55. The van der Waals surface area contributed by atoms with Gasteiger partial charge in [-0.1, -0.05) is 0 Å². The molecule has 0 atom stereocenters. The molecular formula is C21H23FN4O2. The average molecular weight is 382 g/mol. The minimum Gasteiger partial charge on any atom is -0.494 e. The number of aromatic nitrogens is 1. The monoisotopic (exact) mass is 382 g/mol. The number of halogens is 1. The van der Waals surface area contributed by atoms with Gasteiger partial charge in [-0.2, -0.15) is 0 Å². The maximum atomic E-state index is 13.5. The van der Waals surface area contributed by atoms with E-state index in [1.807, 2.05) is 24.3 Å². The molecular weight excluding hydrogens is 359 g/mol. The van der Waals surface area contributed by atoms with Gasteiger partial charge in [-0.15, -0.1) is 0 Å². The topological polar surface area (TPSA) is 72.9 Å². The molecule has 0 aliphatic carbocycles. The molecule has 0 saturated carbocycles. The molecule has 6 nitrogen and oxygen atoms in total. The van der Waals surface area contributed by atoms with Gasteiger partial charge >= 0.3 is 0 Å². The van der Waals surface area contributed by atoms with Crippen molar-refractivity contribution in [2.45, 2.75) is 0 Å². The highest BCUT2D eigenvalue weighted by Crippen LogP contribution is 2.27. The van der Waals surface area contributed by atoms with Gasteiger partial charge in [-0.05, 0) is 42.5 Å². The third-order valence-electron chi connectivity index (χ3n) is 4.85. The molecule has 1 saturated heterocycles. The number of H-pyrrole nitrogens is 1. The Bertz CT molecular complexity index is 962. The van der Waals surface area contributed by atoms with Crippen LogP contribution in [0.4, 0.5) is 15.8 Å². The van der Waals surface area contributed by atoms with Crippen molar-refractivity contribution < 1.29 is 14.2 Å². The third-order valence-corrected chi connectivity index (χ3v) is 4.85. The number of aromatic amines is 1. The number of anilines is 1. The van der Waals surface area contributed by atoms with Crippen LogP contribution in [0.15, 0.2) is 47.5 Å². The summed E-state index contributed by atoms with van der Waals surface area (Å²) < 4.78 is 18.9. The number of aliphatic imine (C=N–C) groups is 1. The van der Waals surface area contributed by atoms with Gasteiger partial charge in [0, 0.05) is 49.0 Å². The summed E-state index contributed by atoms with van der Waals surface area (Å²) in [4.78, 5) is 9.61. The van der Waals surface area contributed by atoms with Crippen molar-refractivity contribution in [3.05, 3.63) is 53.8 Å². The molecule has 0 spiro atoms. The smallest absolute Gasteiger partial charge is 0.198 e. The number of aromatic hydroxyl groups is 1. The number of nitrogens with zero attached hydrogens (tertiary/aromatic N) is 2. The van der Waals surface area contributed by atoms with Gasteiger partial charge in [0.05, 0.1) is 24.5 Å². The summed E-state index contributed by atoms with van der Waals surface area (Å²) in [5, 5.41) is 14.1. The van der Waals surface area contributed by atoms with Crippen LogP contribution in [-0.4, -0.2) is 60.6 Å². The van der Waals surface area contributed by atoms with E-state index >= 15 is 0 Å². The van der Waals surface area contributed by atoms with E-state index in [4.69, 9.17) is 4.74 Å². The highest BCUT2D eigenvalue weighted by molar-refractivity contribution is 6.02. The van der Waals surface area contributed by atoms with Gasteiger partial charge in [-0.3, -0.25) is 9.89 Å². The summed E-state index contributed by atoms with van der Waals surface area (Å²) in [7, 11) is 0. The lowest BCUT2D eigenvalue weighted by Crippen LogP contribution is -2.38. The Morgan fingerprint density at radius 3 is 2.75 bits per heavy atom. The fraction of sp³-hybridized carbons (Fsp3) is 0.286. The first-order valence-electron chi connectivity index (χ1n) is 9.37. The zero-order chi connectivity index (χ0) is 19.3. The van der Waals surface area contributed by atoms with Gasteiger partial charge in [0.15, 0.2) is 5.88 Å². The number of rotatable bonds is 6. The van der Waals surface area contributed by atoms with Crippen LogP contribution in [0.5, 0.6) is 5.88 Å². The molecule has 0 bridgehead atoms. The van der Waals surface area contributed by atoms with E-state index in [0.29, 0.717) is 16.5 Å². The van der Waals surface area contributed by atoms with E-state index in [-0.39, 0.29) is 11.7 Å². The van der Waals surface area contributed by atoms with E-state index in [1.54, 1.807) is 12.3 Å². The quantitative estimate of drug-likeness (QED) is 0.571. The molecule has 3 N–H and O–H groups in total. The Balaban J connectivity index is 1.38. The van der Waals surface area contributed by atoms with E-state index < -0.39 is 0 Å². The highest BCUT2D eigenvalue weighted by atomic mass is 19.1. The molecule has 146 valence electrons. The fourth-order valence-corrected chi connectivity index (χ4v) is 3.29. The molecule has 1 aromatic heterocycles. The van der Waals surface area contributed by atoms with Crippen LogP contribution in [0.3, 0.4) is 0 Å². The van der Waals surface area contributed by atoms with E-state index in [2.05, 4.69) is 20.2 Å². The molecule has 0 unspecified atom stereocenters. The van der Waals surface area contributed by atoms with Crippen LogP contribution in [0.1, 0.15) is 5.56 Å². The lowest BCUT2D eigenvalue weighted by molar-refractivity contribution is 0.0398. The number of morpholine rings is 1. The van der Waals surface area contributed by atoms with Gasteiger partial charge in [0.1, 0.15) is 5.82 Å². The molecule has 2 heterocycles. The predicted molar refractivity (Wildman–Crippen MR) is 109 cm³/mol. The van der Waals surface area contributed by atoms with Crippen LogP contribution in [0, 0.1) is 5.82 Å². The normalized spacial score (nSPS) is 15.5. The minimum absolute atomic E-state index is 0.0225. The van der Waals surface area contributed by atoms with Gasteiger partial charge < -0.3 is 20.1 Å². The van der Waals surface area contributed by atoms with Crippen LogP contribution < -0.4 is 5.32 Å². The first-order valence-corrected chi connectivity index (χ1v) is 9.37. The number of benzene rings is 2. The number of hydrogen-bond donors (Lipinski definition) is 3. The zero-order valence-corrected chi connectivity index (χ0v) is 15.5. The molecule has 1 aliphatic rings. The second kappa shape index (κ2) is 8.41. The Labute approximate surface area is 162 Å². The van der Waals surface area contributed by atoms with E-state index in [0.717, 1.165) is 50.8 Å². The SMILES string of the molecule is Oc1[nH]c2ccc(F)cc2c1C=Nc1ccc(NCCN2CCOCC2)cc1. The van der Waals surface area contributed by atoms with E-state index in [9.17, 15) is 9.50 Å². The molecule has 28 heavy (non-hydrogen) atoms. The summed E-state index contributed by atoms with van der Waals surface area (Å²) in [5.41, 5.74) is 2.93. The van der Waals surface area contributed by atoms with Gasteiger partial charge in [0.25, 0.3) is 0 Å². The molecule has 1 fully saturated rings. The van der Waals surface area contributed by atoms with Crippen molar-refractivity contribution in [3.63, 3.8) is 0 Å². The lowest BCUT2D eigenvalue weighted by Gasteiger charge is -2.26. The fourth-order valence-electron chi connectivity index (χ4n) is 3.29. The van der Waals surface area contributed by atoms with Gasteiger partial charge in [0.2, 0.25) is 0 Å². The standard InChI is InChI=1S/C21H23FN4O2/c22-15-1-6-20-18(13-15)19(21(27)25-20)14-24-17-4-2-16(3-5-17)23-7-8-26-9-11-28-12-10-26/h1-6,13-14,23,25,27H,7-12H2. The molecule has 1 aliphatic heterocycles. The summed E-state index contributed by atoms with van der Waals surface area (Å²) >= 11 is 0. The predicted octanol–water partition coefficient (Wildman–Crippen LogP) is 3.51. The van der Waals surface area contributed by atoms with Crippen molar-refractivity contribution >= 4 is 28.5 Å². The maximum absolute atomic E-state index is 13.5. The van der Waals surface area contributed by atoms with Crippen LogP contribution in [-0.2, 0) is 4.74 Å². The van der Waals surface area contributed by atoms with Crippen molar-refractivity contribution in [1.29, 1.82) is 0 Å². The Morgan fingerprint density at radius 2 is 1.96 bits per heavy atom. The third kappa shape index (κ3) is 4.32. The first kappa shape index (κ1) is 18.5. The lowest BCUT2D eigenvalue weighted by atomic mass is 10.2. The molecule has 0 amide bonds. The number of fused-ring (bicyclic) bond motifs is 1. The largest absolute Gasteiger partial charge is 0.494 e. The number of ether oxygens (including phenoxy) is 1. The van der Waals surface area contributed by atoms with Crippen LogP contribution >= 0.6 is 0 Å². The molecule has 4 rings (SSSR count). The molecule has 0 radical (unpaired) electrons. The molecule has 7 heteroatoms. The highest BCUT2D eigenvalue weighted by Gasteiger charge is 2.10. The van der Waals surface area contributed by atoms with Crippen LogP contribution in [0.25, 0.3) is 10.9 Å². The Morgan fingerprint density at radius 1 is 1.18 bits per heavy atom. The second-order valence-electron chi connectivity index (χ2n) is 6.76. The Hall–Kier alpha value is -2.90. The average Bonchev–Trinajstić information content (AvgIpc) is 3.02. The maximum Gasteiger partial charge on any atom is 0.198 e. The first-order chi connectivity index (χ1) is 13.7. The summed E-state index contributed by atoms with van der Waals surface area (Å²) in [6, 6.07) is 12.1. The molecule has 3 aromatic rings. The number of hydrogen-bond acceptors (Lipinski definition) is 5.